The van der Waals surface area contributed by atoms with E-state index in [0.29, 0.717) is 43.0 Å². The van der Waals surface area contributed by atoms with E-state index in [9.17, 15) is 18.0 Å². The molecule has 0 bridgehead atoms. The molecule has 90 heavy (non-hydrogen) atoms. The summed E-state index contributed by atoms with van der Waals surface area (Å²) >= 11 is 6.21. The molecule has 1 aromatic rings. The quantitative estimate of drug-likeness (QED) is 0.113. The van der Waals surface area contributed by atoms with E-state index < -0.39 is 11.7 Å². The van der Waals surface area contributed by atoms with Crippen LogP contribution >= 0.6 is 11.6 Å². The summed E-state index contributed by atoms with van der Waals surface area (Å²) in [7, 11) is 4.31. The van der Waals surface area contributed by atoms with Gasteiger partial charge in [-0.05, 0) is 159 Å². The average Bonchev–Trinajstić information content (AvgIpc) is 0.859. The third-order valence-electron chi connectivity index (χ3n) is 21.7. The van der Waals surface area contributed by atoms with Crippen LogP contribution in [0, 0.1) is 23.7 Å². The SMILES string of the molecule is CCCC[C@H]1C(C)NC2(CCCC2)CNCCNC=CC(CCc2ccc(C(F)(F)F)c(Cl)c2)=NC=CN(C)C=C(CC2CCCCC2)N(C)C=C2CCCN2[C@@H](C)C(C)N[C@@H]([C@@H](C)CC)CN[C@@H](CC(C)C)C(C)NCC2[C@@H](C(=O)N3CCCCC3)C(C)N21. The summed E-state index contributed by atoms with van der Waals surface area (Å²) in [6.45, 7) is 30.6. The number of fused-ring (bicyclic) bond motifs is 2. The van der Waals surface area contributed by atoms with Crippen LogP contribution in [-0.4, -0.2) is 162 Å². The zero-order chi connectivity index (χ0) is 65.0. The van der Waals surface area contributed by atoms with E-state index >= 15 is 0 Å². The summed E-state index contributed by atoms with van der Waals surface area (Å²) in [5.41, 5.74) is 3.34. The van der Waals surface area contributed by atoms with Gasteiger partial charge in [-0.15, -0.1) is 0 Å². The van der Waals surface area contributed by atoms with Crippen molar-refractivity contribution in [3.8, 4) is 0 Å². The van der Waals surface area contributed by atoms with Gasteiger partial charge in [0.2, 0.25) is 5.91 Å². The van der Waals surface area contributed by atoms with Gasteiger partial charge in [0, 0.05) is 168 Å². The van der Waals surface area contributed by atoms with Crippen LogP contribution < -0.4 is 31.9 Å². The second-order valence-corrected chi connectivity index (χ2v) is 29.5. The zero-order valence-corrected chi connectivity index (χ0v) is 58.8. The molecule has 0 aromatic heterocycles. The fraction of sp³-hybridized carbons (Fsp3) is 0.781. The Morgan fingerprint density at radius 3 is 2.26 bits per heavy atom. The van der Waals surface area contributed by atoms with Crippen molar-refractivity contribution in [3.05, 3.63) is 82.8 Å². The lowest BCUT2D eigenvalue weighted by atomic mass is 9.75. The molecule has 1 aromatic carbocycles. The molecule has 4 aliphatic heterocycles. The van der Waals surface area contributed by atoms with E-state index in [0.717, 1.165) is 140 Å². The van der Waals surface area contributed by atoms with Crippen LogP contribution in [0.15, 0.2) is 71.7 Å². The number of hydrogen-bond acceptors (Lipinski definition) is 12. The number of aryl methyl sites for hydroxylation is 1. The number of piperidine rings is 1. The van der Waals surface area contributed by atoms with Crippen molar-refractivity contribution in [2.24, 2.45) is 28.7 Å². The maximum Gasteiger partial charge on any atom is 0.417 e. The van der Waals surface area contributed by atoms with Crippen molar-refractivity contribution in [2.45, 2.75) is 277 Å². The van der Waals surface area contributed by atoms with Gasteiger partial charge < -0.3 is 51.5 Å². The first kappa shape index (κ1) is 73.8. The van der Waals surface area contributed by atoms with E-state index in [1.54, 1.807) is 0 Å². The summed E-state index contributed by atoms with van der Waals surface area (Å²) in [6, 6.07) is 6.09. The topological polar surface area (TPSA) is 118 Å². The van der Waals surface area contributed by atoms with Crippen LogP contribution in [0.3, 0.4) is 0 Å². The van der Waals surface area contributed by atoms with Gasteiger partial charge in [-0.3, -0.25) is 14.7 Å². The summed E-state index contributed by atoms with van der Waals surface area (Å²) in [4.78, 5) is 32.0. The van der Waals surface area contributed by atoms with Crippen molar-refractivity contribution in [3.63, 3.8) is 0 Å². The van der Waals surface area contributed by atoms with Crippen molar-refractivity contribution in [2.75, 3.05) is 66.5 Å². The van der Waals surface area contributed by atoms with Gasteiger partial charge in [-0.1, -0.05) is 116 Å². The van der Waals surface area contributed by atoms with E-state index in [4.69, 9.17) is 16.6 Å². The standard InChI is InChI=1S/C73H124ClF3N12O/c1-13-15-28-68-56(8)84-72(34-20-21-35-72)51-79-38-37-78-36-33-61(31-29-60-30-32-64(65(74)46-60)73(75,76)77)80-39-43-85(11)49-63(45-59-25-18-16-19-26-59)86(12)50-62-27-24-42-88(62)57(9)54(6)83-67(53(5)14-2)47-82-66(44-52(3)4)55(7)81-48-69-70(58(10)89(68)69)71(90)87-40-22-17-23-41-87/h30,32-33,36,39,43,46,49-50,52-59,66-70,78-79,81-84H,13-29,31,34-35,37-38,40-42,44-45,47-48,51H2,1-12H3/t53-,54?,55?,56?,57-,58?,66-,67+,68-,69?,70-/m0/s1. The first-order valence-electron chi connectivity index (χ1n) is 36.0. The summed E-state index contributed by atoms with van der Waals surface area (Å²) in [5.74, 6) is 1.96. The third-order valence-corrected chi connectivity index (χ3v) is 22.0. The number of benzene rings is 1. The number of amides is 1. The van der Waals surface area contributed by atoms with Crippen molar-refractivity contribution < 1.29 is 18.0 Å². The molecule has 3 saturated heterocycles. The van der Waals surface area contributed by atoms with Crippen molar-refractivity contribution >= 4 is 23.2 Å². The average molecular weight is 1280 g/mol. The molecule has 4 heterocycles. The molecular formula is C73H124ClF3N12O. The van der Waals surface area contributed by atoms with Crippen molar-refractivity contribution in [1.29, 1.82) is 0 Å². The number of aliphatic imine (C=N–C) groups is 1. The van der Waals surface area contributed by atoms with Gasteiger partial charge in [0.1, 0.15) is 0 Å². The van der Waals surface area contributed by atoms with Gasteiger partial charge in [-0.2, -0.15) is 13.2 Å². The minimum Gasteiger partial charge on any atom is -0.390 e. The molecule has 1 spiro atoms. The maximum absolute atomic E-state index is 14.8. The molecular weight excluding hydrogens is 1150 g/mol. The van der Waals surface area contributed by atoms with Crippen LogP contribution in [-0.2, 0) is 17.4 Å². The molecule has 2 aliphatic carbocycles. The Morgan fingerprint density at radius 2 is 1.57 bits per heavy atom. The highest BCUT2D eigenvalue weighted by Crippen LogP contribution is 2.41. The smallest absolute Gasteiger partial charge is 0.390 e. The van der Waals surface area contributed by atoms with E-state index in [1.165, 1.54) is 74.9 Å². The fourth-order valence-electron chi connectivity index (χ4n) is 15.8. The Labute approximate surface area is 549 Å². The lowest BCUT2D eigenvalue weighted by molar-refractivity contribution is -0.160. The van der Waals surface area contributed by atoms with Gasteiger partial charge in [0.25, 0.3) is 0 Å². The first-order chi connectivity index (χ1) is 43.1. The molecule has 6 aliphatic rings. The van der Waals surface area contributed by atoms with Crippen LogP contribution in [0.2, 0.25) is 5.02 Å². The second-order valence-electron chi connectivity index (χ2n) is 29.0. The Kier molecular flexibility index (Phi) is 29.8. The predicted octanol–water partition coefficient (Wildman–Crippen LogP) is 13.8. The maximum atomic E-state index is 14.8. The summed E-state index contributed by atoms with van der Waals surface area (Å²) in [5, 5.41) is 24.0. The summed E-state index contributed by atoms with van der Waals surface area (Å²) < 4.78 is 41.1. The highest BCUT2D eigenvalue weighted by molar-refractivity contribution is 6.31. The lowest BCUT2D eigenvalue weighted by Crippen LogP contribution is -2.75. The molecule has 13 nitrogen and oxygen atoms in total. The Morgan fingerprint density at radius 1 is 0.833 bits per heavy atom. The lowest BCUT2D eigenvalue weighted by Gasteiger charge is -2.59. The Bertz CT molecular complexity index is 2470. The number of likely N-dealkylation sites (tertiary alicyclic amines) is 1. The fourth-order valence-corrected chi connectivity index (χ4v) is 16.2. The van der Waals surface area contributed by atoms with E-state index in [-0.39, 0.29) is 70.9 Å². The number of hydrogen-bond donors (Lipinski definition) is 6. The van der Waals surface area contributed by atoms with Gasteiger partial charge in [0.15, 0.2) is 0 Å². The molecule has 0 radical (unpaired) electrons. The van der Waals surface area contributed by atoms with Crippen molar-refractivity contribution in [1.82, 2.24) is 56.4 Å². The number of alkyl halides is 3. The molecule has 6 N–H and O–H groups in total. The number of nitrogens with zero attached hydrogens (tertiary/aromatic N) is 6. The number of unbranched alkanes of at least 4 members (excludes halogenated alkanes) is 1. The predicted molar refractivity (Wildman–Crippen MR) is 370 cm³/mol. The molecule has 7 rings (SSSR count). The normalized spacial score (nSPS) is 29.8. The Hall–Kier alpha value is -3.64. The number of rotatable bonds is 13. The largest absolute Gasteiger partial charge is 0.417 e. The molecule has 11 atom stereocenters. The minimum absolute atomic E-state index is 0.0286. The van der Waals surface area contributed by atoms with Gasteiger partial charge >= 0.3 is 6.18 Å². The van der Waals surface area contributed by atoms with Crippen LogP contribution in [0.4, 0.5) is 13.2 Å². The molecule has 1 amide bonds. The van der Waals surface area contributed by atoms with E-state index in [2.05, 4.69) is 152 Å². The highest BCUT2D eigenvalue weighted by Gasteiger charge is 2.54. The summed E-state index contributed by atoms with van der Waals surface area (Å²) in [6.07, 6.45) is 32.1. The number of halogens is 4. The number of carbonyl (C=O) groups is 1. The van der Waals surface area contributed by atoms with Gasteiger partial charge in [0.05, 0.1) is 16.5 Å². The molecule has 510 valence electrons. The first-order valence-corrected chi connectivity index (χ1v) is 36.4. The Balaban J connectivity index is 1.19. The van der Waals surface area contributed by atoms with E-state index in [1.807, 2.05) is 24.7 Å². The van der Waals surface area contributed by atoms with Crippen LogP contribution in [0.5, 0.6) is 0 Å². The monoisotopic (exact) mass is 1280 g/mol. The zero-order valence-electron chi connectivity index (χ0n) is 58.0. The highest BCUT2D eigenvalue weighted by atomic mass is 35.5. The minimum atomic E-state index is -4.51. The number of allylic oxidation sites excluding steroid dienone is 3. The third kappa shape index (κ3) is 21.4. The molecule has 5 fully saturated rings. The number of carbonyl (C=O) groups excluding carboxylic acids is 1. The van der Waals surface area contributed by atoms with Gasteiger partial charge in [-0.25, -0.2) is 0 Å². The number of nitrogens with one attached hydrogen (secondary N) is 6. The molecule has 2 saturated carbocycles. The second kappa shape index (κ2) is 36.3. The molecule has 17 heteroatoms. The van der Waals surface area contributed by atoms with Crippen LogP contribution in [0.1, 0.15) is 215 Å². The van der Waals surface area contributed by atoms with Crippen LogP contribution in [0.25, 0.3) is 0 Å². The molecule has 5 unspecified atom stereocenters.